The molecule has 0 radical (unpaired) electrons. The molecular formula is C18H17Cl2NO4. The summed E-state index contributed by atoms with van der Waals surface area (Å²) in [5.74, 6) is -0.168. The van der Waals surface area contributed by atoms with Crippen molar-refractivity contribution in [1.82, 2.24) is 5.32 Å². The van der Waals surface area contributed by atoms with E-state index >= 15 is 0 Å². The van der Waals surface area contributed by atoms with E-state index in [9.17, 15) is 9.59 Å². The first kappa shape index (κ1) is 19.1. The summed E-state index contributed by atoms with van der Waals surface area (Å²) in [6.07, 6.45) is 0.580. The fourth-order valence-electron chi connectivity index (χ4n) is 2.02. The number of carbonyl (C=O) groups is 2. The second kappa shape index (κ2) is 9.30. The number of ether oxygens (including phenoxy) is 2. The third-order valence-corrected chi connectivity index (χ3v) is 4.13. The Morgan fingerprint density at radius 2 is 1.76 bits per heavy atom. The summed E-state index contributed by atoms with van der Waals surface area (Å²) in [6.45, 7) is 0.00942. The van der Waals surface area contributed by atoms with Crippen molar-refractivity contribution in [2.45, 2.75) is 6.42 Å². The van der Waals surface area contributed by atoms with Crippen LogP contribution in [0.15, 0.2) is 42.5 Å². The van der Waals surface area contributed by atoms with Crippen LogP contribution in [-0.2, 0) is 16.0 Å². The van der Waals surface area contributed by atoms with Crippen molar-refractivity contribution in [3.63, 3.8) is 0 Å². The highest BCUT2D eigenvalue weighted by atomic mass is 35.5. The van der Waals surface area contributed by atoms with Crippen LogP contribution < -0.4 is 10.1 Å². The lowest BCUT2D eigenvalue weighted by Gasteiger charge is -2.08. The van der Waals surface area contributed by atoms with Crippen molar-refractivity contribution in [3.05, 3.63) is 63.6 Å². The molecule has 132 valence electrons. The van der Waals surface area contributed by atoms with Gasteiger partial charge in [0.25, 0.3) is 5.91 Å². The predicted octanol–water partition coefficient (Wildman–Crippen LogP) is 3.52. The fraction of sp³-hybridized carbons (Fsp3) is 0.222. The lowest BCUT2D eigenvalue weighted by Crippen LogP contribution is -2.30. The second-order valence-corrected chi connectivity index (χ2v) is 5.94. The van der Waals surface area contributed by atoms with E-state index in [0.717, 1.165) is 11.3 Å². The first-order valence-electron chi connectivity index (χ1n) is 7.51. The average molecular weight is 382 g/mol. The minimum absolute atomic E-state index is 0.221. The SMILES string of the molecule is COc1ccc(CCOC(=O)CNC(=O)c2ccc(Cl)c(Cl)c2)cc1. The minimum atomic E-state index is -0.512. The highest BCUT2D eigenvalue weighted by Gasteiger charge is 2.10. The van der Waals surface area contributed by atoms with Crippen LogP contribution in [-0.4, -0.2) is 32.1 Å². The molecule has 0 aliphatic carbocycles. The monoisotopic (exact) mass is 381 g/mol. The molecule has 0 saturated carbocycles. The molecule has 0 spiro atoms. The van der Waals surface area contributed by atoms with Gasteiger partial charge in [-0.2, -0.15) is 0 Å². The summed E-state index contributed by atoms with van der Waals surface area (Å²) in [7, 11) is 1.60. The maximum Gasteiger partial charge on any atom is 0.325 e. The Kier molecular flexibility index (Phi) is 7.10. The topological polar surface area (TPSA) is 64.6 Å². The molecule has 2 rings (SSSR count). The van der Waals surface area contributed by atoms with Crippen molar-refractivity contribution < 1.29 is 19.1 Å². The lowest BCUT2D eigenvalue weighted by atomic mass is 10.1. The van der Waals surface area contributed by atoms with Crippen molar-refractivity contribution >= 4 is 35.1 Å². The van der Waals surface area contributed by atoms with Crippen LogP contribution in [0, 0.1) is 0 Å². The van der Waals surface area contributed by atoms with Gasteiger partial charge < -0.3 is 14.8 Å². The van der Waals surface area contributed by atoms with Crippen LogP contribution in [0.25, 0.3) is 0 Å². The number of halogens is 2. The van der Waals surface area contributed by atoms with E-state index in [-0.39, 0.29) is 18.2 Å². The predicted molar refractivity (Wildman–Crippen MR) is 96.5 cm³/mol. The zero-order chi connectivity index (χ0) is 18.2. The first-order chi connectivity index (χ1) is 12.0. The number of amides is 1. The fourth-order valence-corrected chi connectivity index (χ4v) is 2.32. The smallest absolute Gasteiger partial charge is 0.325 e. The molecule has 5 nitrogen and oxygen atoms in total. The van der Waals surface area contributed by atoms with Crippen molar-refractivity contribution in [1.29, 1.82) is 0 Å². The molecule has 7 heteroatoms. The number of benzene rings is 2. The molecule has 2 aromatic rings. The first-order valence-corrected chi connectivity index (χ1v) is 8.27. The van der Waals surface area contributed by atoms with Crippen LogP contribution >= 0.6 is 23.2 Å². The molecule has 0 atom stereocenters. The molecule has 0 fully saturated rings. The zero-order valence-corrected chi connectivity index (χ0v) is 15.1. The van der Waals surface area contributed by atoms with Crippen molar-refractivity contribution in [3.8, 4) is 5.75 Å². The van der Waals surface area contributed by atoms with Gasteiger partial charge in [-0.3, -0.25) is 9.59 Å². The molecular weight excluding hydrogens is 365 g/mol. The van der Waals surface area contributed by atoms with Gasteiger partial charge >= 0.3 is 5.97 Å². The Morgan fingerprint density at radius 1 is 1.04 bits per heavy atom. The normalized spacial score (nSPS) is 10.2. The maximum absolute atomic E-state index is 11.9. The van der Waals surface area contributed by atoms with Gasteiger partial charge in [-0.15, -0.1) is 0 Å². The Morgan fingerprint density at radius 3 is 2.40 bits per heavy atom. The standard InChI is InChI=1S/C18H17Cl2NO4/c1-24-14-5-2-12(3-6-14)8-9-25-17(22)11-21-18(23)13-4-7-15(19)16(20)10-13/h2-7,10H,8-9,11H2,1H3,(H,21,23). The van der Waals surface area contributed by atoms with Crippen LogP contribution in [0.5, 0.6) is 5.75 Å². The van der Waals surface area contributed by atoms with Gasteiger partial charge in [0, 0.05) is 12.0 Å². The number of methoxy groups -OCH3 is 1. The van der Waals surface area contributed by atoms with Gasteiger partial charge in [0.15, 0.2) is 0 Å². The zero-order valence-electron chi connectivity index (χ0n) is 13.6. The molecule has 0 aliphatic heterocycles. The van der Waals surface area contributed by atoms with Gasteiger partial charge in [0.1, 0.15) is 12.3 Å². The van der Waals surface area contributed by atoms with E-state index in [1.807, 2.05) is 24.3 Å². The van der Waals surface area contributed by atoms with Crippen LogP contribution in [0.1, 0.15) is 15.9 Å². The van der Waals surface area contributed by atoms with E-state index in [1.165, 1.54) is 18.2 Å². The van der Waals surface area contributed by atoms with E-state index in [4.69, 9.17) is 32.7 Å². The van der Waals surface area contributed by atoms with Gasteiger partial charge in [-0.25, -0.2) is 0 Å². The summed E-state index contributed by atoms with van der Waals surface area (Å²) in [5.41, 5.74) is 1.34. The number of hydrogen-bond donors (Lipinski definition) is 1. The van der Waals surface area contributed by atoms with E-state index in [1.54, 1.807) is 7.11 Å². The Bertz CT molecular complexity index is 747. The van der Waals surface area contributed by atoms with Gasteiger partial charge in [0.2, 0.25) is 0 Å². The maximum atomic E-state index is 11.9. The molecule has 0 bridgehead atoms. The lowest BCUT2D eigenvalue weighted by molar-refractivity contribution is -0.142. The molecule has 2 aromatic carbocycles. The highest BCUT2D eigenvalue weighted by molar-refractivity contribution is 6.42. The summed E-state index contributed by atoms with van der Waals surface area (Å²) in [6, 6.07) is 12.0. The number of carbonyl (C=O) groups excluding carboxylic acids is 2. The third-order valence-electron chi connectivity index (χ3n) is 3.39. The van der Waals surface area contributed by atoms with Crippen LogP contribution in [0.3, 0.4) is 0 Å². The molecule has 0 unspecified atom stereocenters. The number of esters is 1. The van der Waals surface area contributed by atoms with E-state index < -0.39 is 11.9 Å². The number of nitrogens with one attached hydrogen (secondary N) is 1. The molecule has 1 amide bonds. The largest absolute Gasteiger partial charge is 0.497 e. The van der Waals surface area contributed by atoms with Gasteiger partial charge in [-0.1, -0.05) is 35.3 Å². The Balaban J connectivity index is 1.72. The summed E-state index contributed by atoms with van der Waals surface area (Å²) in [4.78, 5) is 23.6. The second-order valence-electron chi connectivity index (χ2n) is 5.13. The Labute approximate surface area is 155 Å². The molecule has 0 aromatic heterocycles. The van der Waals surface area contributed by atoms with Crippen molar-refractivity contribution in [2.75, 3.05) is 20.3 Å². The number of hydrogen-bond acceptors (Lipinski definition) is 4. The number of rotatable bonds is 7. The van der Waals surface area contributed by atoms with E-state index in [0.29, 0.717) is 17.0 Å². The van der Waals surface area contributed by atoms with Gasteiger partial charge in [0.05, 0.1) is 23.8 Å². The quantitative estimate of drug-likeness (QED) is 0.745. The minimum Gasteiger partial charge on any atom is -0.497 e. The molecule has 0 aliphatic rings. The average Bonchev–Trinajstić information content (AvgIpc) is 2.62. The summed E-state index contributed by atoms with van der Waals surface area (Å²) >= 11 is 11.6. The van der Waals surface area contributed by atoms with Crippen molar-refractivity contribution in [2.24, 2.45) is 0 Å². The van der Waals surface area contributed by atoms with Gasteiger partial charge in [-0.05, 0) is 35.9 Å². The molecule has 0 saturated heterocycles. The highest BCUT2D eigenvalue weighted by Crippen LogP contribution is 2.22. The Hall–Kier alpha value is -2.24. The third kappa shape index (κ3) is 5.96. The molecule has 0 heterocycles. The summed E-state index contributed by atoms with van der Waals surface area (Å²) < 4.78 is 10.2. The molecule has 1 N–H and O–H groups in total. The molecule has 25 heavy (non-hydrogen) atoms. The van der Waals surface area contributed by atoms with Crippen LogP contribution in [0.2, 0.25) is 10.0 Å². The van der Waals surface area contributed by atoms with E-state index in [2.05, 4.69) is 5.32 Å². The van der Waals surface area contributed by atoms with Crippen LogP contribution in [0.4, 0.5) is 0 Å². The summed E-state index contributed by atoms with van der Waals surface area (Å²) in [5, 5.41) is 3.11.